The number of Topliss-reactive ketones (excluding diaryl/α,β-unsaturated/α-hetero) is 1. The second-order valence-electron chi connectivity index (χ2n) is 5.18. The molecule has 2 aromatic rings. The summed E-state index contributed by atoms with van der Waals surface area (Å²) in [6.45, 7) is 0.0888. The molecule has 1 fully saturated rings. The SMILES string of the molecule is O=C(c1ccc(F)cc1)[C@]1(c2ccc(F)cc2)OCC[C@@H]1F. The van der Waals surface area contributed by atoms with Gasteiger partial charge in [-0.25, -0.2) is 13.2 Å². The Kier molecular flexibility index (Phi) is 3.74. The van der Waals surface area contributed by atoms with E-state index in [2.05, 4.69) is 0 Å². The Labute approximate surface area is 125 Å². The topological polar surface area (TPSA) is 26.3 Å². The first kappa shape index (κ1) is 14.8. The lowest BCUT2D eigenvalue weighted by atomic mass is 9.82. The van der Waals surface area contributed by atoms with E-state index in [1.165, 1.54) is 24.3 Å². The van der Waals surface area contributed by atoms with Crippen LogP contribution in [-0.2, 0) is 10.3 Å². The van der Waals surface area contributed by atoms with Crippen molar-refractivity contribution in [1.82, 2.24) is 0 Å². The lowest BCUT2D eigenvalue weighted by molar-refractivity contribution is -0.0168. The third-order valence-electron chi connectivity index (χ3n) is 3.86. The van der Waals surface area contributed by atoms with Crippen LogP contribution in [0, 0.1) is 11.6 Å². The fourth-order valence-corrected chi connectivity index (χ4v) is 2.73. The molecule has 5 heteroatoms. The fraction of sp³-hybridized carbons (Fsp3) is 0.235. The van der Waals surface area contributed by atoms with E-state index in [0.29, 0.717) is 0 Å². The van der Waals surface area contributed by atoms with Crippen LogP contribution in [0.5, 0.6) is 0 Å². The Balaban J connectivity index is 2.08. The quantitative estimate of drug-likeness (QED) is 0.806. The second-order valence-corrected chi connectivity index (χ2v) is 5.18. The van der Waals surface area contributed by atoms with Gasteiger partial charge in [0.1, 0.15) is 17.8 Å². The van der Waals surface area contributed by atoms with Crippen LogP contribution in [0.15, 0.2) is 48.5 Å². The van der Waals surface area contributed by atoms with Gasteiger partial charge in [0.05, 0.1) is 6.61 Å². The summed E-state index contributed by atoms with van der Waals surface area (Å²) in [5, 5.41) is 0. The minimum absolute atomic E-state index is 0.0737. The van der Waals surface area contributed by atoms with Gasteiger partial charge in [-0.05, 0) is 42.0 Å². The molecular weight excluding hydrogens is 293 g/mol. The Hall–Kier alpha value is -2.14. The maximum Gasteiger partial charge on any atom is 0.202 e. The molecule has 2 aromatic carbocycles. The van der Waals surface area contributed by atoms with E-state index in [0.717, 1.165) is 24.3 Å². The highest BCUT2D eigenvalue weighted by molar-refractivity contribution is 6.03. The Morgan fingerprint density at radius 2 is 1.55 bits per heavy atom. The van der Waals surface area contributed by atoms with E-state index in [1.54, 1.807) is 0 Å². The molecule has 0 bridgehead atoms. The molecule has 2 atom stereocenters. The smallest absolute Gasteiger partial charge is 0.202 e. The van der Waals surface area contributed by atoms with Crippen molar-refractivity contribution in [1.29, 1.82) is 0 Å². The van der Waals surface area contributed by atoms with Gasteiger partial charge in [0, 0.05) is 12.0 Å². The first-order valence-corrected chi connectivity index (χ1v) is 6.88. The summed E-state index contributed by atoms with van der Waals surface area (Å²) in [6, 6.07) is 9.84. The summed E-state index contributed by atoms with van der Waals surface area (Å²) in [5.74, 6) is -1.57. The Morgan fingerprint density at radius 3 is 2.05 bits per heavy atom. The van der Waals surface area contributed by atoms with Crippen LogP contribution in [0.1, 0.15) is 22.3 Å². The molecule has 114 valence electrons. The van der Waals surface area contributed by atoms with Crippen molar-refractivity contribution in [2.75, 3.05) is 6.61 Å². The van der Waals surface area contributed by atoms with Crippen LogP contribution in [0.4, 0.5) is 13.2 Å². The maximum absolute atomic E-state index is 14.5. The van der Waals surface area contributed by atoms with E-state index < -0.39 is 29.2 Å². The van der Waals surface area contributed by atoms with Crippen LogP contribution in [0.3, 0.4) is 0 Å². The number of ketones is 1. The molecule has 1 aliphatic rings. The third kappa shape index (κ3) is 2.31. The van der Waals surface area contributed by atoms with Gasteiger partial charge < -0.3 is 4.74 Å². The minimum atomic E-state index is -1.80. The Bertz CT molecular complexity index is 682. The number of hydrogen-bond acceptors (Lipinski definition) is 2. The molecular formula is C17H13F3O2. The molecule has 2 nitrogen and oxygen atoms in total. The molecule has 0 saturated carbocycles. The molecule has 1 saturated heterocycles. The van der Waals surface area contributed by atoms with Gasteiger partial charge >= 0.3 is 0 Å². The van der Waals surface area contributed by atoms with E-state index in [1.807, 2.05) is 0 Å². The van der Waals surface area contributed by atoms with Crippen molar-refractivity contribution < 1.29 is 22.7 Å². The molecule has 0 aliphatic carbocycles. The predicted molar refractivity (Wildman–Crippen MR) is 74.3 cm³/mol. The van der Waals surface area contributed by atoms with Gasteiger partial charge in [0.15, 0.2) is 5.60 Å². The maximum atomic E-state index is 14.5. The zero-order valence-electron chi connectivity index (χ0n) is 11.6. The van der Waals surface area contributed by atoms with Gasteiger partial charge in [-0.3, -0.25) is 4.79 Å². The molecule has 0 amide bonds. The zero-order valence-corrected chi connectivity index (χ0v) is 11.6. The number of rotatable bonds is 3. The van der Waals surface area contributed by atoms with Crippen LogP contribution in [0.2, 0.25) is 0 Å². The molecule has 3 rings (SSSR count). The lowest BCUT2D eigenvalue weighted by Gasteiger charge is -2.29. The molecule has 0 radical (unpaired) electrons. The van der Waals surface area contributed by atoms with Crippen LogP contribution in [-0.4, -0.2) is 18.6 Å². The number of carbonyl (C=O) groups is 1. The monoisotopic (exact) mass is 306 g/mol. The van der Waals surface area contributed by atoms with E-state index in [-0.39, 0.29) is 24.2 Å². The van der Waals surface area contributed by atoms with Crippen LogP contribution >= 0.6 is 0 Å². The summed E-state index contributed by atoms with van der Waals surface area (Å²) in [4.78, 5) is 12.8. The summed E-state index contributed by atoms with van der Waals surface area (Å²) in [6.07, 6.45) is -1.47. The highest BCUT2D eigenvalue weighted by atomic mass is 19.1. The number of alkyl halides is 1. The number of hydrogen-bond donors (Lipinski definition) is 0. The van der Waals surface area contributed by atoms with Crippen molar-refractivity contribution in [3.63, 3.8) is 0 Å². The minimum Gasteiger partial charge on any atom is -0.359 e. The predicted octanol–water partition coefficient (Wildman–Crippen LogP) is 3.80. The van der Waals surface area contributed by atoms with Crippen LogP contribution in [0.25, 0.3) is 0 Å². The van der Waals surface area contributed by atoms with Gasteiger partial charge in [-0.15, -0.1) is 0 Å². The van der Waals surface area contributed by atoms with Crippen molar-refractivity contribution in [3.05, 3.63) is 71.3 Å². The molecule has 0 aromatic heterocycles. The first-order valence-electron chi connectivity index (χ1n) is 6.88. The normalized spacial score (nSPS) is 24.4. The highest BCUT2D eigenvalue weighted by Gasteiger charge is 2.52. The van der Waals surface area contributed by atoms with Gasteiger partial charge in [-0.2, -0.15) is 0 Å². The number of ether oxygens (including phenoxy) is 1. The van der Waals surface area contributed by atoms with Gasteiger partial charge in [0.2, 0.25) is 5.78 Å². The summed E-state index contributed by atoms with van der Waals surface area (Å²) in [7, 11) is 0. The molecule has 22 heavy (non-hydrogen) atoms. The van der Waals surface area contributed by atoms with Crippen molar-refractivity contribution in [2.24, 2.45) is 0 Å². The zero-order chi connectivity index (χ0) is 15.7. The fourth-order valence-electron chi connectivity index (χ4n) is 2.73. The van der Waals surface area contributed by atoms with Crippen molar-refractivity contribution in [2.45, 2.75) is 18.2 Å². The standard InChI is InChI=1S/C17H13F3O2/c18-13-5-1-11(2-6-13)16(21)17(15(20)9-10-22-17)12-3-7-14(19)8-4-12/h1-8,15H,9-10H2/t15-,17+/m0/s1. The number of benzene rings is 2. The Morgan fingerprint density at radius 1 is 1.00 bits per heavy atom. The largest absolute Gasteiger partial charge is 0.359 e. The number of halogens is 3. The molecule has 1 aliphatic heterocycles. The molecule has 0 spiro atoms. The van der Waals surface area contributed by atoms with E-state index in [4.69, 9.17) is 4.74 Å². The molecule has 1 heterocycles. The summed E-state index contributed by atoms with van der Waals surface area (Å²) in [5.41, 5.74) is -1.39. The van der Waals surface area contributed by atoms with Crippen molar-refractivity contribution in [3.8, 4) is 0 Å². The summed E-state index contributed by atoms with van der Waals surface area (Å²) >= 11 is 0. The number of carbonyl (C=O) groups excluding carboxylic acids is 1. The third-order valence-corrected chi connectivity index (χ3v) is 3.86. The van der Waals surface area contributed by atoms with E-state index in [9.17, 15) is 18.0 Å². The second kappa shape index (κ2) is 5.57. The average Bonchev–Trinajstić information content (AvgIpc) is 2.91. The van der Waals surface area contributed by atoms with Crippen LogP contribution < -0.4 is 0 Å². The van der Waals surface area contributed by atoms with Gasteiger partial charge in [-0.1, -0.05) is 12.1 Å². The average molecular weight is 306 g/mol. The molecule has 0 unspecified atom stereocenters. The lowest BCUT2D eigenvalue weighted by Crippen LogP contribution is -2.42. The van der Waals surface area contributed by atoms with Crippen molar-refractivity contribution >= 4 is 5.78 Å². The molecule has 0 N–H and O–H groups in total. The van der Waals surface area contributed by atoms with E-state index >= 15 is 0 Å². The highest BCUT2D eigenvalue weighted by Crippen LogP contribution is 2.41. The first-order chi connectivity index (χ1) is 10.5. The summed E-state index contributed by atoms with van der Waals surface area (Å²) < 4.78 is 46.1. The van der Waals surface area contributed by atoms with Gasteiger partial charge in [0.25, 0.3) is 0 Å².